The summed E-state index contributed by atoms with van der Waals surface area (Å²) in [4.78, 5) is 10.5. The molecule has 0 aliphatic rings. The molecule has 1 aromatic rings. The van der Waals surface area contributed by atoms with E-state index in [1.807, 2.05) is 0 Å². The zero-order valence-electron chi connectivity index (χ0n) is 6.43. The van der Waals surface area contributed by atoms with Crippen LogP contribution < -0.4 is 10.5 Å². The van der Waals surface area contributed by atoms with Crippen LogP contribution in [0.25, 0.3) is 0 Å². The van der Waals surface area contributed by atoms with Crippen molar-refractivity contribution in [3.05, 3.63) is 29.6 Å². The van der Waals surface area contributed by atoms with Crippen LogP contribution in [0, 0.1) is 5.82 Å². The van der Waals surface area contributed by atoms with Crippen molar-refractivity contribution >= 4 is 5.91 Å². The summed E-state index contributed by atoms with van der Waals surface area (Å²) in [6.45, 7) is 0. The molecule has 1 N–H and O–H groups in total. The van der Waals surface area contributed by atoms with Crippen LogP contribution in [-0.2, 0) is 0 Å². The lowest BCUT2D eigenvalue weighted by Crippen LogP contribution is -1.99. The molecule has 0 aliphatic heterocycles. The molecule has 63 valence electrons. The van der Waals surface area contributed by atoms with Crippen LogP contribution in [-0.4, -0.2) is 13.0 Å². The Morgan fingerprint density at radius 2 is 2.25 bits per heavy atom. The maximum atomic E-state index is 12.9. The van der Waals surface area contributed by atoms with Crippen LogP contribution in [0.4, 0.5) is 4.39 Å². The van der Waals surface area contributed by atoms with Crippen molar-refractivity contribution in [2.24, 2.45) is 0 Å². The molecule has 1 rings (SSSR count). The minimum atomic E-state index is -0.906. The number of halogens is 1. The number of amides is 1. The molecule has 1 aromatic carbocycles. The van der Waals surface area contributed by atoms with Gasteiger partial charge in [0.1, 0.15) is 0 Å². The Balaban J connectivity index is 3.10. The number of hydrogen-bond acceptors (Lipinski definition) is 2. The maximum Gasteiger partial charge on any atom is 0.269 e. The predicted molar refractivity (Wildman–Crippen MR) is 40.4 cm³/mol. The molecular formula is C8H7FNO2. The first-order chi connectivity index (χ1) is 5.65. The van der Waals surface area contributed by atoms with Gasteiger partial charge in [0.2, 0.25) is 0 Å². The molecule has 0 atom stereocenters. The smallest absolute Gasteiger partial charge is 0.269 e. The van der Waals surface area contributed by atoms with E-state index in [1.165, 1.54) is 19.2 Å². The van der Waals surface area contributed by atoms with E-state index < -0.39 is 11.7 Å². The molecule has 0 spiro atoms. The summed E-state index contributed by atoms with van der Waals surface area (Å²) >= 11 is 0. The topological polar surface area (TPSA) is 50.1 Å². The van der Waals surface area contributed by atoms with Crippen molar-refractivity contribution in [2.75, 3.05) is 7.11 Å². The van der Waals surface area contributed by atoms with E-state index >= 15 is 0 Å². The molecule has 0 saturated carbocycles. The Morgan fingerprint density at radius 3 is 2.67 bits per heavy atom. The molecule has 0 saturated heterocycles. The Morgan fingerprint density at radius 1 is 1.58 bits per heavy atom. The monoisotopic (exact) mass is 168 g/mol. The zero-order valence-corrected chi connectivity index (χ0v) is 6.43. The Bertz CT molecular complexity index is 312. The van der Waals surface area contributed by atoms with Gasteiger partial charge < -0.3 is 4.74 Å². The minimum absolute atomic E-state index is 0.0216. The van der Waals surface area contributed by atoms with Crippen molar-refractivity contribution in [3.8, 4) is 5.75 Å². The summed E-state index contributed by atoms with van der Waals surface area (Å²) in [5, 5.41) is 0. The highest BCUT2D eigenvalue weighted by Gasteiger charge is 2.06. The van der Waals surface area contributed by atoms with E-state index in [1.54, 1.807) is 0 Å². The minimum Gasteiger partial charge on any atom is -0.494 e. The quantitative estimate of drug-likeness (QED) is 0.667. The van der Waals surface area contributed by atoms with E-state index in [0.717, 1.165) is 6.07 Å². The summed E-state index contributed by atoms with van der Waals surface area (Å²) in [5.41, 5.74) is 6.72. The highest BCUT2D eigenvalue weighted by atomic mass is 19.1. The van der Waals surface area contributed by atoms with Crippen LogP contribution in [0.15, 0.2) is 18.2 Å². The summed E-state index contributed by atoms with van der Waals surface area (Å²) < 4.78 is 17.5. The number of rotatable bonds is 2. The van der Waals surface area contributed by atoms with Crippen molar-refractivity contribution in [3.63, 3.8) is 0 Å². The van der Waals surface area contributed by atoms with Crippen molar-refractivity contribution in [1.82, 2.24) is 5.73 Å². The van der Waals surface area contributed by atoms with Gasteiger partial charge >= 0.3 is 0 Å². The summed E-state index contributed by atoms with van der Waals surface area (Å²) in [6, 6.07) is 3.64. The zero-order chi connectivity index (χ0) is 9.14. The van der Waals surface area contributed by atoms with Crippen LogP contribution in [0.2, 0.25) is 0 Å². The highest BCUT2D eigenvalue weighted by molar-refractivity contribution is 5.92. The lowest BCUT2D eigenvalue weighted by Gasteiger charge is -2.01. The van der Waals surface area contributed by atoms with E-state index in [4.69, 9.17) is 5.73 Å². The molecule has 0 fully saturated rings. The van der Waals surface area contributed by atoms with Gasteiger partial charge in [-0.3, -0.25) is 10.5 Å². The number of carbonyl (C=O) groups is 1. The van der Waals surface area contributed by atoms with Gasteiger partial charge in [0.25, 0.3) is 5.91 Å². The summed E-state index contributed by atoms with van der Waals surface area (Å²) in [5.74, 6) is -1.47. The first-order valence-corrected chi connectivity index (χ1v) is 3.24. The first-order valence-electron chi connectivity index (χ1n) is 3.24. The van der Waals surface area contributed by atoms with E-state index in [-0.39, 0.29) is 11.3 Å². The van der Waals surface area contributed by atoms with Crippen LogP contribution in [0.3, 0.4) is 0 Å². The maximum absolute atomic E-state index is 12.9. The third kappa shape index (κ3) is 1.53. The fourth-order valence-corrected chi connectivity index (χ4v) is 0.808. The van der Waals surface area contributed by atoms with Gasteiger partial charge in [-0.25, -0.2) is 4.39 Å². The fraction of sp³-hybridized carbons (Fsp3) is 0.125. The fourth-order valence-electron chi connectivity index (χ4n) is 0.808. The number of carbonyl (C=O) groups excluding carboxylic acids is 1. The number of nitrogens with one attached hydrogen (secondary N) is 1. The second-order valence-electron chi connectivity index (χ2n) is 2.18. The molecule has 12 heavy (non-hydrogen) atoms. The van der Waals surface area contributed by atoms with Gasteiger partial charge in [-0.05, 0) is 18.2 Å². The average molecular weight is 168 g/mol. The summed E-state index contributed by atoms with van der Waals surface area (Å²) in [7, 11) is 1.33. The molecule has 3 nitrogen and oxygen atoms in total. The van der Waals surface area contributed by atoms with Crippen molar-refractivity contribution in [1.29, 1.82) is 0 Å². The Kier molecular flexibility index (Phi) is 2.28. The third-order valence-corrected chi connectivity index (χ3v) is 1.41. The first kappa shape index (κ1) is 8.52. The van der Waals surface area contributed by atoms with E-state index in [2.05, 4.69) is 4.74 Å². The van der Waals surface area contributed by atoms with Crippen molar-refractivity contribution in [2.45, 2.75) is 0 Å². The molecule has 4 heteroatoms. The molecule has 0 aromatic heterocycles. The predicted octanol–water partition coefficient (Wildman–Crippen LogP) is 1.26. The number of ether oxygens (including phenoxy) is 1. The number of benzene rings is 1. The molecule has 1 amide bonds. The lowest BCUT2D eigenvalue weighted by molar-refractivity contribution is 0.0991. The molecule has 0 aliphatic carbocycles. The largest absolute Gasteiger partial charge is 0.494 e. The van der Waals surface area contributed by atoms with Gasteiger partial charge in [0, 0.05) is 5.56 Å². The van der Waals surface area contributed by atoms with Crippen molar-refractivity contribution < 1.29 is 13.9 Å². The standard InChI is InChI=1S/C8H7FNO2/c1-12-7-3-2-5(8(10)11)4-6(7)9/h2-4,10H,1H3. The molecule has 0 unspecified atom stereocenters. The molecule has 0 heterocycles. The average Bonchev–Trinajstić information content (AvgIpc) is 2.04. The van der Waals surface area contributed by atoms with Gasteiger partial charge in [-0.15, -0.1) is 0 Å². The van der Waals surface area contributed by atoms with E-state index in [9.17, 15) is 9.18 Å². The van der Waals surface area contributed by atoms with Gasteiger partial charge in [-0.1, -0.05) is 0 Å². The van der Waals surface area contributed by atoms with Crippen LogP contribution >= 0.6 is 0 Å². The van der Waals surface area contributed by atoms with Crippen LogP contribution in [0.5, 0.6) is 5.75 Å². The van der Waals surface area contributed by atoms with E-state index in [0.29, 0.717) is 0 Å². The third-order valence-electron chi connectivity index (χ3n) is 1.41. The number of methoxy groups -OCH3 is 1. The Hall–Kier alpha value is -1.58. The van der Waals surface area contributed by atoms with Gasteiger partial charge in [-0.2, -0.15) is 0 Å². The van der Waals surface area contributed by atoms with Gasteiger partial charge in [0.15, 0.2) is 11.6 Å². The second kappa shape index (κ2) is 3.21. The molecule has 0 bridgehead atoms. The van der Waals surface area contributed by atoms with Gasteiger partial charge in [0.05, 0.1) is 7.11 Å². The SMILES string of the molecule is COc1ccc(C([NH])=O)cc1F. The molecule has 1 radical (unpaired) electrons. The van der Waals surface area contributed by atoms with Crippen LogP contribution in [0.1, 0.15) is 10.4 Å². The Labute approximate surface area is 68.9 Å². The summed E-state index contributed by atoms with van der Waals surface area (Å²) in [6.07, 6.45) is 0. The number of hydrogen-bond donors (Lipinski definition) is 0. The molecular weight excluding hydrogens is 161 g/mol. The lowest BCUT2D eigenvalue weighted by atomic mass is 10.2. The second-order valence-corrected chi connectivity index (χ2v) is 2.18. The highest BCUT2D eigenvalue weighted by Crippen LogP contribution is 2.17. The normalized spacial score (nSPS) is 9.50.